The minimum Gasteiger partial charge on any atom is -0.399 e. The Morgan fingerprint density at radius 2 is 1.79 bits per heavy atom. The molecule has 1 fully saturated rings. The lowest BCUT2D eigenvalue weighted by Crippen LogP contribution is -2.41. The number of hydrogen-bond acceptors (Lipinski definition) is 3. The highest BCUT2D eigenvalue weighted by atomic mass is 16.7. The van der Waals surface area contributed by atoms with E-state index in [0.717, 1.165) is 11.0 Å². The second kappa shape index (κ2) is 4.84. The lowest BCUT2D eigenvalue weighted by molar-refractivity contribution is 0.00578. The van der Waals surface area contributed by atoms with Gasteiger partial charge in [-0.15, -0.1) is 0 Å². The van der Waals surface area contributed by atoms with E-state index in [1.54, 1.807) is 6.08 Å². The van der Waals surface area contributed by atoms with Gasteiger partial charge in [-0.25, -0.2) is 0 Å². The summed E-state index contributed by atoms with van der Waals surface area (Å²) in [6.07, 6.45) is 3.23. The molecule has 98 valence electrons. The molecule has 19 heavy (non-hydrogen) atoms. The predicted molar refractivity (Wildman–Crippen MR) is 76.8 cm³/mol. The summed E-state index contributed by atoms with van der Waals surface area (Å²) in [6.45, 7) is 8.14. The molecule has 1 aromatic rings. The maximum Gasteiger partial charge on any atom is 0.494 e. The van der Waals surface area contributed by atoms with Crippen molar-refractivity contribution in [2.75, 3.05) is 0 Å². The minimum absolute atomic E-state index is 0.337. The van der Waals surface area contributed by atoms with E-state index in [1.165, 1.54) is 6.08 Å². The maximum atomic E-state index is 8.56. The largest absolute Gasteiger partial charge is 0.494 e. The predicted octanol–water partition coefficient (Wildman–Crippen LogP) is 2.52. The Kier molecular flexibility index (Phi) is 3.53. The normalized spacial score (nSPS) is 20.7. The fourth-order valence-corrected chi connectivity index (χ4v) is 1.92. The summed E-state index contributed by atoms with van der Waals surface area (Å²) in [5.41, 5.74) is 1.26. The van der Waals surface area contributed by atoms with E-state index < -0.39 is 0 Å². The van der Waals surface area contributed by atoms with Gasteiger partial charge in [-0.3, -0.25) is 0 Å². The van der Waals surface area contributed by atoms with Gasteiger partial charge in [0.15, 0.2) is 0 Å². The summed E-state index contributed by atoms with van der Waals surface area (Å²) in [5.74, 6) is 0. The first kappa shape index (κ1) is 13.9. The third-order valence-corrected chi connectivity index (χ3v) is 3.79. The smallest absolute Gasteiger partial charge is 0.399 e. The molecule has 4 heteroatoms. The number of rotatable bonds is 2. The number of hydrogen-bond donors (Lipinski definition) is 0. The average molecular weight is 255 g/mol. The molecule has 0 bridgehead atoms. The minimum atomic E-state index is -0.361. The van der Waals surface area contributed by atoms with Gasteiger partial charge in [-0.1, -0.05) is 24.3 Å². The summed E-state index contributed by atoms with van der Waals surface area (Å²) in [7, 11) is -0.361. The molecule has 0 saturated carbocycles. The van der Waals surface area contributed by atoms with Crippen LogP contribution in [0, 0.1) is 11.3 Å². The highest BCUT2D eigenvalue weighted by Gasteiger charge is 2.51. The SMILES string of the molecule is CC1(C)OB(c2cccc(C=CC#N)c2)OC1(C)C. The van der Waals surface area contributed by atoms with E-state index in [4.69, 9.17) is 14.6 Å². The van der Waals surface area contributed by atoms with E-state index in [9.17, 15) is 0 Å². The van der Waals surface area contributed by atoms with Crippen LogP contribution in [0.5, 0.6) is 0 Å². The van der Waals surface area contributed by atoms with Crippen LogP contribution in [0.4, 0.5) is 0 Å². The molecule has 1 saturated heterocycles. The molecule has 1 aliphatic heterocycles. The lowest BCUT2D eigenvalue weighted by Gasteiger charge is -2.32. The van der Waals surface area contributed by atoms with Crippen molar-refractivity contribution in [1.82, 2.24) is 0 Å². The Bertz CT molecular complexity index is 527. The monoisotopic (exact) mass is 255 g/mol. The Morgan fingerprint density at radius 3 is 2.37 bits per heavy atom. The van der Waals surface area contributed by atoms with Gasteiger partial charge in [0.2, 0.25) is 0 Å². The van der Waals surface area contributed by atoms with Gasteiger partial charge in [0.25, 0.3) is 0 Å². The Labute approximate surface area is 115 Å². The van der Waals surface area contributed by atoms with Gasteiger partial charge < -0.3 is 9.31 Å². The van der Waals surface area contributed by atoms with Crippen LogP contribution in [0.1, 0.15) is 33.3 Å². The van der Waals surface area contributed by atoms with Crippen LogP contribution in [0.3, 0.4) is 0 Å². The molecule has 0 radical (unpaired) electrons. The molecule has 0 aliphatic carbocycles. The first-order valence-electron chi connectivity index (χ1n) is 6.37. The molecular formula is C15H18BNO2. The fraction of sp³-hybridized carbons (Fsp3) is 0.400. The summed E-state index contributed by atoms with van der Waals surface area (Å²) < 4.78 is 12.0. The van der Waals surface area contributed by atoms with Crippen molar-refractivity contribution in [3.63, 3.8) is 0 Å². The molecular weight excluding hydrogens is 237 g/mol. The van der Waals surface area contributed by atoms with Gasteiger partial charge in [0.05, 0.1) is 17.3 Å². The average Bonchev–Trinajstić information content (AvgIpc) is 2.56. The van der Waals surface area contributed by atoms with Gasteiger partial charge in [-0.05, 0) is 44.8 Å². The lowest BCUT2D eigenvalue weighted by atomic mass is 9.78. The number of benzene rings is 1. The van der Waals surface area contributed by atoms with Crippen LogP contribution >= 0.6 is 0 Å². The zero-order valence-corrected chi connectivity index (χ0v) is 11.8. The number of nitriles is 1. The molecule has 3 nitrogen and oxygen atoms in total. The van der Waals surface area contributed by atoms with Crippen LogP contribution in [-0.2, 0) is 9.31 Å². The van der Waals surface area contributed by atoms with Crippen molar-refractivity contribution in [3.8, 4) is 6.07 Å². The zero-order valence-electron chi connectivity index (χ0n) is 11.8. The van der Waals surface area contributed by atoms with Crippen molar-refractivity contribution < 1.29 is 9.31 Å². The van der Waals surface area contributed by atoms with Gasteiger partial charge in [0, 0.05) is 6.08 Å². The summed E-state index contributed by atoms with van der Waals surface area (Å²) in [6, 6.07) is 9.84. The highest BCUT2D eigenvalue weighted by Crippen LogP contribution is 2.36. The molecule has 1 heterocycles. The first-order chi connectivity index (χ1) is 8.86. The van der Waals surface area contributed by atoms with Crippen molar-refractivity contribution >= 4 is 18.7 Å². The number of allylic oxidation sites excluding steroid dienone is 1. The molecule has 0 amide bonds. The van der Waals surface area contributed by atoms with E-state index in [-0.39, 0.29) is 18.3 Å². The third-order valence-electron chi connectivity index (χ3n) is 3.79. The third kappa shape index (κ3) is 2.73. The Hall–Kier alpha value is -1.57. The maximum absolute atomic E-state index is 8.56. The van der Waals surface area contributed by atoms with Crippen LogP contribution in [0.25, 0.3) is 6.08 Å². The van der Waals surface area contributed by atoms with E-state index in [0.29, 0.717) is 0 Å². The van der Waals surface area contributed by atoms with Crippen molar-refractivity contribution in [2.45, 2.75) is 38.9 Å². The molecule has 0 spiro atoms. The van der Waals surface area contributed by atoms with Crippen molar-refractivity contribution in [2.24, 2.45) is 0 Å². The zero-order chi connectivity index (χ0) is 14.1. The van der Waals surface area contributed by atoms with Gasteiger partial charge in [-0.2, -0.15) is 5.26 Å². The fourth-order valence-electron chi connectivity index (χ4n) is 1.92. The Morgan fingerprint density at radius 1 is 1.16 bits per heavy atom. The Balaban J connectivity index is 2.25. The van der Waals surface area contributed by atoms with Crippen LogP contribution in [0.2, 0.25) is 0 Å². The van der Waals surface area contributed by atoms with Crippen LogP contribution in [-0.4, -0.2) is 18.3 Å². The second-order valence-corrected chi connectivity index (χ2v) is 5.72. The molecule has 0 aromatic heterocycles. The molecule has 2 rings (SSSR count). The quantitative estimate of drug-likeness (QED) is 0.602. The molecule has 1 aliphatic rings. The molecule has 0 unspecified atom stereocenters. The standard InChI is InChI=1S/C15H18BNO2/c1-14(2)15(3,4)19-16(18-14)13-9-5-7-12(11-13)8-6-10-17/h5-9,11H,1-4H3. The van der Waals surface area contributed by atoms with Crippen LogP contribution in [0.15, 0.2) is 30.3 Å². The molecule has 1 aromatic carbocycles. The molecule has 0 atom stereocenters. The number of nitrogens with zero attached hydrogens (tertiary/aromatic N) is 1. The topological polar surface area (TPSA) is 42.2 Å². The first-order valence-corrected chi connectivity index (χ1v) is 6.37. The van der Waals surface area contributed by atoms with Gasteiger partial charge in [0.1, 0.15) is 0 Å². The summed E-state index contributed by atoms with van der Waals surface area (Å²) in [4.78, 5) is 0. The van der Waals surface area contributed by atoms with Crippen molar-refractivity contribution in [3.05, 3.63) is 35.9 Å². The van der Waals surface area contributed by atoms with Crippen LogP contribution < -0.4 is 5.46 Å². The molecule has 0 N–H and O–H groups in total. The summed E-state index contributed by atoms with van der Waals surface area (Å²) >= 11 is 0. The second-order valence-electron chi connectivity index (χ2n) is 5.72. The van der Waals surface area contributed by atoms with E-state index in [1.807, 2.05) is 58.0 Å². The van der Waals surface area contributed by atoms with Gasteiger partial charge >= 0.3 is 7.12 Å². The van der Waals surface area contributed by atoms with E-state index in [2.05, 4.69) is 0 Å². The van der Waals surface area contributed by atoms with Crippen molar-refractivity contribution in [1.29, 1.82) is 5.26 Å². The van der Waals surface area contributed by atoms with E-state index >= 15 is 0 Å². The highest BCUT2D eigenvalue weighted by molar-refractivity contribution is 6.62. The summed E-state index contributed by atoms with van der Waals surface area (Å²) in [5, 5.41) is 8.56.